The van der Waals surface area contributed by atoms with Crippen LogP contribution in [0, 0.1) is 11.6 Å². The number of nitrogens with one attached hydrogen (secondary N) is 1. The number of hydrogen-bond donors (Lipinski definition) is 1. The molecule has 0 fully saturated rings. The molecule has 0 aliphatic rings. The lowest BCUT2D eigenvalue weighted by atomic mass is 10.0. The number of H-pyrrole nitrogens is 1. The summed E-state index contributed by atoms with van der Waals surface area (Å²) in [5, 5.41) is 0. The molecule has 0 radical (unpaired) electrons. The highest BCUT2D eigenvalue weighted by Crippen LogP contribution is 2.21. The van der Waals surface area contributed by atoms with Crippen molar-refractivity contribution < 1.29 is 23.1 Å². The molecule has 2 aromatic rings. The fourth-order valence-electron chi connectivity index (χ4n) is 1.83. The standard InChI is InChI=1S/C15H11F2NO3/c1-3-8-4-5-10(16)12(13(8)17)14(19)9-6-11(18-7-9)15(20)21-2/h3-7,18H,1H2,2H3. The van der Waals surface area contributed by atoms with Gasteiger partial charge in [-0.15, -0.1) is 0 Å². The van der Waals surface area contributed by atoms with Gasteiger partial charge in [-0.1, -0.05) is 12.7 Å². The van der Waals surface area contributed by atoms with Crippen LogP contribution in [-0.4, -0.2) is 23.8 Å². The minimum absolute atomic E-state index is 0.0153. The zero-order valence-electron chi connectivity index (χ0n) is 11.1. The topological polar surface area (TPSA) is 59.2 Å². The molecule has 1 N–H and O–H groups in total. The van der Waals surface area contributed by atoms with Crippen molar-refractivity contribution in [1.82, 2.24) is 4.98 Å². The average Bonchev–Trinajstić information content (AvgIpc) is 2.96. The molecule has 4 nitrogen and oxygen atoms in total. The number of esters is 1. The van der Waals surface area contributed by atoms with Gasteiger partial charge >= 0.3 is 5.97 Å². The number of halogens is 2. The van der Waals surface area contributed by atoms with E-state index in [-0.39, 0.29) is 16.8 Å². The highest BCUT2D eigenvalue weighted by atomic mass is 19.1. The van der Waals surface area contributed by atoms with E-state index in [2.05, 4.69) is 16.3 Å². The zero-order chi connectivity index (χ0) is 15.6. The lowest BCUT2D eigenvalue weighted by Crippen LogP contribution is -2.08. The number of aromatic nitrogens is 1. The third-order valence-corrected chi connectivity index (χ3v) is 2.92. The predicted molar refractivity (Wildman–Crippen MR) is 72.0 cm³/mol. The van der Waals surface area contributed by atoms with E-state index < -0.39 is 29.0 Å². The minimum Gasteiger partial charge on any atom is -0.464 e. The summed E-state index contributed by atoms with van der Waals surface area (Å²) in [4.78, 5) is 26.0. The zero-order valence-corrected chi connectivity index (χ0v) is 11.1. The fourth-order valence-corrected chi connectivity index (χ4v) is 1.83. The Balaban J connectivity index is 2.47. The normalized spacial score (nSPS) is 10.2. The maximum absolute atomic E-state index is 14.1. The molecule has 1 aromatic carbocycles. The molecular formula is C15H11F2NO3. The summed E-state index contributed by atoms with van der Waals surface area (Å²) in [6, 6.07) is 3.35. The molecule has 1 heterocycles. The van der Waals surface area contributed by atoms with Crippen molar-refractivity contribution >= 4 is 17.8 Å². The van der Waals surface area contributed by atoms with Crippen molar-refractivity contribution in [1.29, 1.82) is 0 Å². The molecule has 6 heteroatoms. The van der Waals surface area contributed by atoms with Gasteiger partial charge in [0.1, 0.15) is 17.3 Å². The van der Waals surface area contributed by atoms with Gasteiger partial charge in [-0.05, 0) is 18.2 Å². The molecule has 108 valence electrons. The summed E-state index contributed by atoms with van der Waals surface area (Å²) in [7, 11) is 1.18. The van der Waals surface area contributed by atoms with Crippen molar-refractivity contribution in [3.05, 3.63) is 65.0 Å². The van der Waals surface area contributed by atoms with Crippen LogP contribution >= 0.6 is 0 Å². The Hall–Kier alpha value is -2.76. The van der Waals surface area contributed by atoms with Crippen LogP contribution in [-0.2, 0) is 4.74 Å². The largest absolute Gasteiger partial charge is 0.464 e. The Morgan fingerprint density at radius 1 is 1.33 bits per heavy atom. The van der Waals surface area contributed by atoms with Crippen LogP contribution in [0.2, 0.25) is 0 Å². The highest BCUT2D eigenvalue weighted by Gasteiger charge is 2.22. The van der Waals surface area contributed by atoms with Crippen molar-refractivity contribution in [2.45, 2.75) is 0 Å². The van der Waals surface area contributed by atoms with Crippen LogP contribution in [0.4, 0.5) is 8.78 Å². The summed E-state index contributed by atoms with van der Waals surface area (Å²) in [5.74, 6) is -3.53. The van der Waals surface area contributed by atoms with Crippen LogP contribution in [0.3, 0.4) is 0 Å². The Morgan fingerprint density at radius 2 is 2.05 bits per heavy atom. The Bertz CT molecular complexity index is 735. The number of hydrogen-bond acceptors (Lipinski definition) is 3. The van der Waals surface area contributed by atoms with Gasteiger partial charge in [0.2, 0.25) is 5.78 Å². The van der Waals surface area contributed by atoms with Crippen LogP contribution in [0.25, 0.3) is 6.08 Å². The number of methoxy groups -OCH3 is 1. The third-order valence-electron chi connectivity index (χ3n) is 2.92. The van der Waals surface area contributed by atoms with Gasteiger partial charge in [0, 0.05) is 17.3 Å². The Labute approximate surface area is 119 Å². The first kappa shape index (κ1) is 14.6. The van der Waals surface area contributed by atoms with Gasteiger partial charge in [-0.2, -0.15) is 0 Å². The Kier molecular flexibility index (Phi) is 3.98. The van der Waals surface area contributed by atoms with Crippen molar-refractivity contribution in [3.63, 3.8) is 0 Å². The van der Waals surface area contributed by atoms with E-state index in [4.69, 9.17) is 0 Å². The van der Waals surface area contributed by atoms with Gasteiger partial charge in [0.15, 0.2) is 0 Å². The number of carbonyl (C=O) groups excluding carboxylic acids is 2. The summed E-state index contributed by atoms with van der Waals surface area (Å²) in [6.45, 7) is 3.39. The lowest BCUT2D eigenvalue weighted by Gasteiger charge is -2.05. The molecular weight excluding hydrogens is 280 g/mol. The second kappa shape index (κ2) is 5.70. The molecule has 0 aliphatic heterocycles. The van der Waals surface area contributed by atoms with E-state index in [1.165, 1.54) is 31.5 Å². The van der Waals surface area contributed by atoms with Crippen LogP contribution in [0.5, 0.6) is 0 Å². The first-order valence-corrected chi connectivity index (χ1v) is 5.91. The molecule has 0 amide bonds. The maximum Gasteiger partial charge on any atom is 0.354 e. The molecule has 0 unspecified atom stereocenters. The molecule has 0 atom stereocenters. The quantitative estimate of drug-likeness (QED) is 0.696. The van der Waals surface area contributed by atoms with E-state index in [0.29, 0.717) is 0 Å². The highest BCUT2D eigenvalue weighted by molar-refractivity contribution is 6.10. The van der Waals surface area contributed by atoms with Crippen molar-refractivity contribution in [2.75, 3.05) is 7.11 Å². The second-order valence-electron chi connectivity index (χ2n) is 4.15. The SMILES string of the molecule is C=Cc1ccc(F)c(C(=O)c2c[nH]c(C(=O)OC)c2)c1F. The third kappa shape index (κ3) is 2.60. The maximum atomic E-state index is 14.1. The average molecular weight is 291 g/mol. The number of ether oxygens (including phenoxy) is 1. The molecule has 0 saturated heterocycles. The fraction of sp³-hybridized carbons (Fsp3) is 0.0667. The molecule has 1 aromatic heterocycles. The van der Waals surface area contributed by atoms with Gasteiger partial charge in [0.05, 0.1) is 12.7 Å². The molecule has 0 saturated carbocycles. The van der Waals surface area contributed by atoms with E-state index in [1.807, 2.05) is 0 Å². The molecule has 21 heavy (non-hydrogen) atoms. The minimum atomic E-state index is -0.990. The number of benzene rings is 1. The molecule has 0 aliphatic carbocycles. The summed E-state index contributed by atoms with van der Waals surface area (Å²) < 4.78 is 32.3. The summed E-state index contributed by atoms with van der Waals surface area (Å²) in [6.07, 6.45) is 2.37. The van der Waals surface area contributed by atoms with Crippen LogP contribution in [0.1, 0.15) is 32.0 Å². The van der Waals surface area contributed by atoms with E-state index in [0.717, 1.165) is 6.07 Å². The second-order valence-corrected chi connectivity index (χ2v) is 4.15. The smallest absolute Gasteiger partial charge is 0.354 e. The van der Waals surface area contributed by atoms with Gasteiger partial charge in [-0.25, -0.2) is 13.6 Å². The number of rotatable bonds is 4. The molecule has 0 bridgehead atoms. The monoisotopic (exact) mass is 291 g/mol. The van der Waals surface area contributed by atoms with E-state index in [1.54, 1.807) is 0 Å². The van der Waals surface area contributed by atoms with Gasteiger partial charge in [-0.3, -0.25) is 4.79 Å². The van der Waals surface area contributed by atoms with Crippen molar-refractivity contribution in [3.8, 4) is 0 Å². The first-order valence-electron chi connectivity index (χ1n) is 5.91. The van der Waals surface area contributed by atoms with Crippen molar-refractivity contribution in [2.24, 2.45) is 0 Å². The molecule has 0 spiro atoms. The van der Waals surface area contributed by atoms with Crippen LogP contribution in [0.15, 0.2) is 31.0 Å². The Morgan fingerprint density at radius 3 is 2.67 bits per heavy atom. The molecule has 2 rings (SSSR count). The number of ketones is 1. The number of carbonyl (C=O) groups is 2. The van der Waals surface area contributed by atoms with E-state index >= 15 is 0 Å². The lowest BCUT2D eigenvalue weighted by molar-refractivity contribution is 0.0595. The van der Waals surface area contributed by atoms with Gasteiger partial charge < -0.3 is 9.72 Å². The first-order chi connectivity index (χ1) is 9.99. The predicted octanol–water partition coefficient (Wildman–Crippen LogP) is 2.95. The van der Waals surface area contributed by atoms with Gasteiger partial charge in [0.25, 0.3) is 0 Å². The van der Waals surface area contributed by atoms with E-state index in [9.17, 15) is 18.4 Å². The summed E-state index contributed by atoms with van der Waals surface area (Å²) in [5.41, 5.74) is -0.706. The van der Waals surface area contributed by atoms with Crippen LogP contribution < -0.4 is 0 Å². The number of aromatic amines is 1. The summed E-state index contributed by atoms with van der Waals surface area (Å²) >= 11 is 0.